The van der Waals surface area contributed by atoms with Gasteiger partial charge in [-0.05, 0) is 62.6 Å². The fourth-order valence-corrected chi connectivity index (χ4v) is 2.98. The second-order valence-corrected chi connectivity index (χ2v) is 7.50. The van der Waals surface area contributed by atoms with Crippen molar-refractivity contribution in [3.63, 3.8) is 0 Å². The fraction of sp³-hybridized carbons (Fsp3) is 0.261. The van der Waals surface area contributed by atoms with Crippen molar-refractivity contribution in [1.82, 2.24) is 14.5 Å². The van der Waals surface area contributed by atoms with Crippen LogP contribution in [0.5, 0.6) is 5.75 Å². The van der Waals surface area contributed by atoms with Crippen LogP contribution in [-0.2, 0) is 6.54 Å². The van der Waals surface area contributed by atoms with Crippen molar-refractivity contribution in [2.45, 2.75) is 40.3 Å². The summed E-state index contributed by atoms with van der Waals surface area (Å²) in [6, 6.07) is 13.2. The Morgan fingerprint density at radius 1 is 1.13 bits per heavy atom. The van der Waals surface area contributed by atoms with Crippen LogP contribution in [0.3, 0.4) is 0 Å². The van der Waals surface area contributed by atoms with E-state index in [1.807, 2.05) is 64.1 Å². The smallest absolute Gasteiger partial charge is 0.332 e. The van der Waals surface area contributed by atoms with E-state index in [0.717, 1.165) is 28.0 Å². The number of aromatic nitrogens is 3. The monoisotopic (exact) mass is 406 g/mol. The Morgan fingerprint density at radius 2 is 1.83 bits per heavy atom. The van der Waals surface area contributed by atoms with Gasteiger partial charge >= 0.3 is 11.4 Å². The Morgan fingerprint density at radius 3 is 2.43 bits per heavy atom. The Labute approximate surface area is 174 Å². The molecule has 0 unspecified atom stereocenters. The van der Waals surface area contributed by atoms with Crippen molar-refractivity contribution in [2.75, 3.05) is 0 Å². The first-order valence-electron chi connectivity index (χ1n) is 9.73. The number of aryl methyl sites for hydroxylation is 1. The molecule has 0 aliphatic rings. The van der Waals surface area contributed by atoms with Gasteiger partial charge in [0.2, 0.25) is 5.62 Å². The third-order valence-electron chi connectivity index (χ3n) is 4.49. The summed E-state index contributed by atoms with van der Waals surface area (Å²) in [5, 5.41) is 0. The summed E-state index contributed by atoms with van der Waals surface area (Å²) in [5.74, 6) is 0.772. The molecule has 0 saturated carbocycles. The van der Waals surface area contributed by atoms with E-state index in [1.165, 1.54) is 4.57 Å². The van der Waals surface area contributed by atoms with Crippen molar-refractivity contribution in [2.24, 2.45) is 4.99 Å². The number of rotatable bonds is 6. The Hall–Kier alpha value is -3.61. The Balaban J connectivity index is 2.03. The molecule has 30 heavy (non-hydrogen) atoms. The van der Waals surface area contributed by atoms with Crippen molar-refractivity contribution < 1.29 is 4.74 Å². The van der Waals surface area contributed by atoms with Gasteiger partial charge in [-0.1, -0.05) is 36.4 Å². The molecule has 0 aliphatic heterocycles. The van der Waals surface area contributed by atoms with E-state index in [9.17, 15) is 9.59 Å². The predicted octanol–water partition coefficient (Wildman–Crippen LogP) is 3.27. The minimum absolute atomic E-state index is 0.0638. The van der Waals surface area contributed by atoms with Crippen LogP contribution in [-0.4, -0.2) is 20.6 Å². The summed E-state index contributed by atoms with van der Waals surface area (Å²) >= 11 is 0. The molecule has 0 bridgehead atoms. The normalized spacial score (nSPS) is 11.7. The first-order valence-corrected chi connectivity index (χ1v) is 9.73. The van der Waals surface area contributed by atoms with Gasteiger partial charge in [0.15, 0.2) is 0 Å². The molecule has 7 nitrogen and oxygen atoms in total. The minimum atomic E-state index is -0.607. The second-order valence-electron chi connectivity index (χ2n) is 7.50. The number of benzene rings is 2. The summed E-state index contributed by atoms with van der Waals surface area (Å²) in [6.07, 6.45) is 0.0638. The van der Waals surface area contributed by atoms with Crippen LogP contribution >= 0.6 is 0 Å². The summed E-state index contributed by atoms with van der Waals surface area (Å²) in [6.45, 7) is 12.0. The number of allylic oxidation sites excluding steroid dienone is 1. The first kappa shape index (κ1) is 21.1. The van der Waals surface area contributed by atoms with Gasteiger partial charge in [-0.2, -0.15) is 0 Å². The maximum absolute atomic E-state index is 12.5. The van der Waals surface area contributed by atoms with Gasteiger partial charge in [0.25, 0.3) is 0 Å². The number of H-pyrrole nitrogens is 2. The number of hydrogen-bond acceptors (Lipinski definition) is 4. The second kappa shape index (κ2) is 8.82. The van der Waals surface area contributed by atoms with Gasteiger partial charge in [-0.25, -0.2) is 14.6 Å². The van der Waals surface area contributed by atoms with Crippen LogP contribution in [0, 0.1) is 6.92 Å². The molecule has 0 radical (unpaired) electrons. The molecule has 3 rings (SSSR count). The van der Waals surface area contributed by atoms with E-state index in [4.69, 9.17) is 4.74 Å². The van der Waals surface area contributed by atoms with Crippen molar-refractivity contribution in [3.05, 3.63) is 92.3 Å². The van der Waals surface area contributed by atoms with Gasteiger partial charge in [0, 0.05) is 0 Å². The zero-order valence-corrected chi connectivity index (χ0v) is 17.7. The molecule has 7 heteroatoms. The van der Waals surface area contributed by atoms with Gasteiger partial charge in [-0.15, -0.1) is 0 Å². The molecule has 0 atom stereocenters. The maximum atomic E-state index is 12.5. The molecule has 1 heterocycles. The van der Waals surface area contributed by atoms with Crippen LogP contribution in [0.25, 0.3) is 5.57 Å². The van der Waals surface area contributed by atoms with E-state index < -0.39 is 11.4 Å². The van der Waals surface area contributed by atoms with Gasteiger partial charge < -0.3 is 4.74 Å². The standard InChI is InChI=1S/C23H26N4O3/c1-14(2)18-8-6-17(7-9-18)13-27-21(25-22(28)26-23(27)29)24-19-10-11-20(16(5)12-19)30-15(3)4/h6-12,15H,1,13H2,2-5H3,(H2,24,25,26,28,29). The van der Waals surface area contributed by atoms with Crippen LogP contribution < -0.4 is 21.7 Å². The molecule has 2 N–H and O–H groups in total. The first-order chi connectivity index (χ1) is 14.2. The average Bonchev–Trinajstić information content (AvgIpc) is 2.67. The molecule has 2 aromatic carbocycles. The Bertz CT molecular complexity index is 1240. The lowest BCUT2D eigenvalue weighted by molar-refractivity contribution is 0.241. The van der Waals surface area contributed by atoms with E-state index in [0.29, 0.717) is 5.69 Å². The van der Waals surface area contributed by atoms with Crippen LogP contribution in [0.4, 0.5) is 5.69 Å². The SMILES string of the molecule is C=C(C)c1ccc(Cn2c(=O)[nH]c(=O)[nH]/c2=N\c2ccc(OC(C)C)c(C)c2)cc1. The predicted molar refractivity (Wildman–Crippen MR) is 118 cm³/mol. The quantitative estimate of drug-likeness (QED) is 0.658. The Kier molecular flexibility index (Phi) is 6.20. The van der Waals surface area contributed by atoms with Gasteiger partial charge in [-0.3, -0.25) is 14.5 Å². The van der Waals surface area contributed by atoms with E-state index in [-0.39, 0.29) is 18.3 Å². The van der Waals surface area contributed by atoms with E-state index >= 15 is 0 Å². The third-order valence-corrected chi connectivity index (χ3v) is 4.49. The van der Waals surface area contributed by atoms with Crippen molar-refractivity contribution in [3.8, 4) is 5.75 Å². The highest BCUT2D eigenvalue weighted by Crippen LogP contribution is 2.24. The molecular formula is C23H26N4O3. The average molecular weight is 406 g/mol. The number of nitrogens with zero attached hydrogens (tertiary/aromatic N) is 2. The number of aromatic amines is 2. The molecule has 0 spiro atoms. The van der Waals surface area contributed by atoms with Crippen molar-refractivity contribution >= 4 is 11.3 Å². The molecule has 0 aliphatic carbocycles. The molecule has 0 saturated heterocycles. The lowest BCUT2D eigenvalue weighted by atomic mass is 10.1. The summed E-state index contributed by atoms with van der Waals surface area (Å²) in [7, 11) is 0. The van der Waals surface area contributed by atoms with Crippen LogP contribution in [0.1, 0.15) is 37.5 Å². The summed E-state index contributed by atoms with van der Waals surface area (Å²) in [4.78, 5) is 33.7. The van der Waals surface area contributed by atoms with E-state index in [2.05, 4.69) is 21.5 Å². The highest BCUT2D eigenvalue weighted by Gasteiger charge is 2.06. The molecule has 0 amide bonds. The topological polar surface area (TPSA) is 92.2 Å². The summed E-state index contributed by atoms with van der Waals surface area (Å²) < 4.78 is 7.15. The number of hydrogen-bond donors (Lipinski definition) is 2. The van der Waals surface area contributed by atoms with E-state index in [1.54, 1.807) is 6.07 Å². The molecular weight excluding hydrogens is 380 g/mol. The van der Waals surface area contributed by atoms with Crippen LogP contribution in [0.15, 0.2) is 63.6 Å². The molecule has 3 aromatic rings. The van der Waals surface area contributed by atoms with Crippen molar-refractivity contribution in [1.29, 1.82) is 0 Å². The zero-order chi connectivity index (χ0) is 21.8. The lowest BCUT2D eigenvalue weighted by Crippen LogP contribution is -2.44. The highest BCUT2D eigenvalue weighted by molar-refractivity contribution is 5.61. The highest BCUT2D eigenvalue weighted by atomic mass is 16.5. The van der Waals surface area contributed by atoms with Crippen LogP contribution in [0.2, 0.25) is 0 Å². The fourth-order valence-electron chi connectivity index (χ4n) is 2.98. The zero-order valence-electron chi connectivity index (χ0n) is 17.7. The minimum Gasteiger partial charge on any atom is -0.491 e. The lowest BCUT2D eigenvalue weighted by Gasteiger charge is -2.12. The maximum Gasteiger partial charge on any atom is 0.332 e. The molecule has 156 valence electrons. The number of ether oxygens (including phenoxy) is 1. The summed E-state index contributed by atoms with van der Waals surface area (Å²) in [5.41, 5.74) is 3.45. The molecule has 1 aromatic heterocycles. The van der Waals surface area contributed by atoms with Gasteiger partial charge in [0.1, 0.15) is 5.75 Å². The largest absolute Gasteiger partial charge is 0.491 e. The number of nitrogens with one attached hydrogen (secondary N) is 2. The van der Waals surface area contributed by atoms with Gasteiger partial charge in [0.05, 0.1) is 18.3 Å². The third kappa shape index (κ3) is 5.05. The molecule has 0 fully saturated rings.